The third kappa shape index (κ3) is 14.3. The van der Waals surface area contributed by atoms with Crippen LogP contribution in [0.1, 0.15) is 102 Å². The molecule has 1 N–H and O–H groups in total. The molecule has 2 aromatic carbocycles. The Morgan fingerprint density at radius 2 is 1.51 bits per heavy atom. The summed E-state index contributed by atoms with van der Waals surface area (Å²) >= 11 is 1.87. The van der Waals surface area contributed by atoms with Gasteiger partial charge in [-0.2, -0.15) is 0 Å². The summed E-state index contributed by atoms with van der Waals surface area (Å²) in [6.45, 7) is 6.05. The summed E-state index contributed by atoms with van der Waals surface area (Å²) in [6.07, 6.45) is 18.7. The predicted molar refractivity (Wildman–Crippen MR) is 174 cm³/mol. The summed E-state index contributed by atoms with van der Waals surface area (Å²) in [4.78, 5) is 16.3. The fourth-order valence-corrected chi connectivity index (χ4v) is 5.56. The number of amides is 1. The molecule has 6 heteroatoms. The highest BCUT2D eigenvalue weighted by Crippen LogP contribution is 2.26. The van der Waals surface area contributed by atoms with Gasteiger partial charge in [0.2, 0.25) is 5.91 Å². The average Bonchev–Trinajstić information content (AvgIpc) is 3.32. The first kappa shape index (κ1) is 33.3. The van der Waals surface area contributed by atoms with Crippen LogP contribution in [0, 0.1) is 0 Å². The topological polar surface area (TPSA) is 41.6 Å². The van der Waals surface area contributed by atoms with Crippen LogP contribution in [0.5, 0.6) is 5.75 Å². The summed E-state index contributed by atoms with van der Waals surface area (Å²) in [5, 5.41) is 3.02. The first-order valence-electron chi connectivity index (χ1n) is 14.8. The number of ether oxygens (including phenoxy) is 1. The zero-order valence-electron chi connectivity index (χ0n) is 24.1. The van der Waals surface area contributed by atoms with Crippen LogP contribution in [0.4, 0.5) is 5.69 Å². The highest BCUT2D eigenvalue weighted by atomic mass is 79.9. The molecule has 1 heterocycles. The number of anilines is 1. The van der Waals surface area contributed by atoms with E-state index in [1.54, 1.807) is 0 Å². The second-order valence-corrected chi connectivity index (χ2v) is 11.8. The average molecular weight is 618 g/mol. The molecule has 216 valence electrons. The molecule has 0 unspecified atom stereocenters. The lowest BCUT2D eigenvalue weighted by Crippen LogP contribution is -2.15. The van der Waals surface area contributed by atoms with Crippen molar-refractivity contribution in [2.45, 2.75) is 104 Å². The molecule has 0 atom stereocenters. The number of hydrogen-bond donors (Lipinski definition) is 1. The molecular weight excluding hydrogens is 568 g/mol. The third-order valence-electron chi connectivity index (χ3n) is 6.98. The molecule has 0 bridgehead atoms. The SMILES string of the molecule is Br.CCCCCCCCCCCCCCOc1cccc(CC(=O)Nc2ccc(CN3C=C(C)SC3)cc2)c1. The zero-order chi connectivity index (χ0) is 26.8. The van der Waals surface area contributed by atoms with Crippen molar-refractivity contribution < 1.29 is 9.53 Å². The molecule has 0 radical (unpaired) electrons. The Bertz CT molecular complexity index is 980. The number of nitrogens with zero attached hydrogens (tertiary/aromatic N) is 1. The highest BCUT2D eigenvalue weighted by molar-refractivity contribution is 8.93. The van der Waals surface area contributed by atoms with E-state index >= 15 is 0 Å². The lowest BCUT2D eigenvalue weighted by molar-refractivity contribution is -0.115. The molecule has 3 rings (SSSR count). The summed E-state index contributed by atoms with van der Waals surface area (Å²) in [6, 6.07) is 16.1. The number of nitrogens with one attached hydrogen (secondary N) is 1. The van der Waals surface area contributed by atoms with Crippen LogP contribution >= 0.6 is 28.7 Å². The molecule has 1 amide bonds. The minimum absolute atomic E-state index is 0. The van der Waals surface area contributed by atoms with E-state index in [1.807, 2.05) is 48.2 Å². The Hall–Kier alpha value is -1.92. The van der Waals surface area contributed by atoms with Gasteiger partial charge in [0, 0.05) is 18.4 Å². The number of thioether (sulfide) groups is 1. The van der Waals surface area contributed by atoms with Crippen LogP contribution in [0.15, 0.2) is 59.6 Å². The van der Waals surface area contributed by atoms with Gasteiger partial charge in [0.25, 0.3) is 0 Å². The maximum Gasteiger partial charge on any atom is 0.228 e. The van der Waals surface area contributed by atoms with Crippen LogP contribution < -0.4 is 10.1 Å². The maximum absolute atomic E-state index is 12.6. The molecule has 0 aliphatic carbocycles. The van der Waals surface area contributed by atoms with E-state index in [0.29, 0.717) is 6.42 Å². The number of carbonyl (C=O) groups excluding carboxylic acids is 1. The van der Waals surface area contributed by atoms with E-state index in [0.717, 1.165) is 42.4 Å². The van der Waals surface area contributed by atoms with Gasteiger partial charge < -0.3 is 15.0 Å². The zero-order valence-corrected chi connectivity index (χ0v) is 26.6. The molecule has 2 aromatic rings. The van der Waals surface area contributed by atoms with Gasteiger partial charge in [-0.05, 0) is 53.6 Å². The molecule has 0 saturated carbocycles. The Morgan fingerprint density at radius 3 is 2.13 bits per heavy atom. The fourth-order valence-electron chi connectivity index (χ4n) is 4.80. The van der Waals surface area contributed by atoms with Gasteiger partial charge in [-0.15, -0.1) is 28.7 Å². The largest absolute Gasteiger partial charge is 0.494 e. The van der Waals surface area contributed by atoms with Crippen molar-refractivity contribution in [3.8, 4) is 5.75 Å². The number of unbranched alkanes of at least 4 members (excludes halogenated alkanes) is 11. The summed E-state index contributed by atoms with van der Waals surface area (Å²) in [7, 11) is 0. The monoisotopic (exact) mass is 616 g/mol. The Labute approximate surface area is 252 Å². The van der Waals surface area contributed by atoms with Crippen molar-refractivity contribution in [3.63, 3.8) is 0 Å². The molecule has 1 aliphatic heterocycles. The van der Waals surface area contributed by atoms with Gasteiger partial charge in [0.05, 0.1) is 18.9 Å². The first-order valence-corrected chi connectivity index (χ1v) is 15.8. The van der Waals surface area contributed by atoms with Gasteiger partial charge in [0.15, 0.2) is 0 Å². The first-order chi connectivity index (χ1) is 18.6. The molecule has 0 aromatic heterocycles. The molecule has 0 fully saturated rings. The van der Waals surface area contributed by atoms with Crippen molar-refractivity contribution in [2.75, 3.05) is 17.8 Å². The van der Waals surface area contributed by atoms with Crippen molar-refractivity contribution >= 4 is 40.3 Å². The van der Waals surface area contributed by atoms with Crippen molar-refractivity contribution in [1.82, 2.24) is 4.90 Å². The minimum atomic E-state index is -0.00893. The van der Waals surface area contributed by atoms with Gasteiger partial charge in [-0.3, -0.25) is 4.79 Å². The fraction of sp³-hybridized carbons (Fsp3) is 0.545. The quantitative estimate of drug-likeness (QED) is 0.159. The Balaban J connectivity index is 0.00000533. The standard InChI is InChI=1S/C33H48N2O2S.BrH/c1-3-4-5-6-7-8-9-10-11-12-13-14-22-37-32-17-15-16-30(23-32)24-33(36)34-31-20-18-29(19-21-31)26-35-25-28(2)38-27-35;/h15-21,23,25H,3-14,22,24,26-27H2,1-2H3,(H,34,36);1H. The second-order valence-electron chi connectivity index (χ2n) is 10.6. The van der Waals surface area contributed by atoms with E-state index in [1.165, 1.54) is 81.1 Å². The van der Waals surface area contributed by atoms with Gasteiger partial charge in [-0.1, -0.05) is 102 Å². The molecule has 4 nitrogen and oxygen atoms in total. The van der Waals surface area contributed by atoms with Crippen molar-refractivity contribution in [2.24, 2.45) is 0 Å². The smallest absolute Gasteiger partial charge is 0.228 e. The lowest BCUT2D eigenvalue weighted by atomic mass is 10.1. The molecule has 0 spiro atoms. The molecule has 39 heavy (non-hydrogen) atoms. The number of halogens is 1. The van der Waals surface area contributed by atoms with Gasteiger partial charge in [0.1, 0.15) is 5.75 Å². The van der Waals surface area contributed by atoms with Crippen LogP contribution in [0.3, 0.4) is 0 Å². The summed E-state index contributed by atoms with van der Waals surface area (Å²) < 4.78 is 5.97. The van der Waals surface area contributed by atoms with Crippen molar-refractivity contribution in [3.05, 3.63) is 70.8 Å². The summed E-state index contributed by atoms with van der Waals surface area (Å²) in [5.41, 5.74) is 3.05. The van der Waals surface area contributed by atoms with Crippen LogP contribution in [-0.4, -0.2) is 23.3 Å². The van der Waals surface area contributed by atoms with Crippen LogP contribution in [0.2, 0.25) is 0 Å². The van der Waals surface area contributed by atoms with Crippen molar-refractivity contribution in [1.29, 1.82) is 0 Å². The third-order valence-corrected chi connectivity index (χ3v) is 8.00. The molecular formula is C33H49BrN2O2S. The van der Waals surface area contributed by atoms with Crippen LogP contribution in [0.25, 0.3) is 0 Å². The normalized spacial score (nSPS) is 12.7. The van der Waals surface area contributed by atoms with Crippen LogP contribution in [-0.2, 0) is 17.8 Å². The number of rotatable bonds is 19. The van der Waals surface area contributed by atoms with Gasteiger partial charge in [-0.25, -0.2) is 0 Å². The van der Waals surface area contributed by atoms with E-state index < -0.39 is 0 Å². The second kappa shape index (κ2) is 20.0. The lowest BCUT2D eigenvalue weighted by Gasteiger charge is -2.14. The van der Waals surface area contributed by atoms with E-state index in [2.05, 4.69) is 42.4 Å². The number of benzene rings is 2. The maximum atomic E-state index is 12.6. The highest BCUT2D eigenvalue weighted by Gasteiger charge is 2.10. The number of hydrogen-bond acceptors (Lipinski definition) is 4. The Kier molecular flexibility index (Phi) is 17.1. The van der Waals surface area contributed by atoms with E-state index in [-0.39, 0.29) is 22.9 Å². The summed E-state index contributed by atoms with van der Waals surface area (Å²) in [5.74, 6) is 1.85. The van der Waals surface area contributed by atoms with E-state index in [4.69, 9.17) is 4.74 Å². The Morgan fingerprint density at radius 1 is 0.872 bits per heavy atom. The number of allylic oxidation sites excluding steroid dienone is 1. The minimum Gasteiger partial charge on any atom is -0.494 e. The number of carbonyl (C=O) groups is 1. The van der Waals surface area contributed by atoms with E-state index in [9.17, 15) is 4.79 Å². The van der Waals surface area contributed by atoms with Gasteiger partial charge >= 0.3 is 0 Å². The predicted octanol–water partition coefficient (Wildman–Crippen LogP) is 9.89. The molecule has 0 saturated heterocycles. The molecule has 1 aliphatic rings.